The number of fused-ring (bicyclic) bond motifs is 2. The molecule has 0 aliphatic carbocycles. The lowest BCUT2D eigenvalue weighted by molar-refractivity contribution is 0.0591. The first kappa shape index (κ1) is 17.5. The molecule has 4 aromatic rings. The number of hydrogen-bond acceptors (Lipinski definition) is 7. The van der Waals surface area contributed by atoms with Crippen LogP contribution in [0.25, 0.3) is 21.9 Å². The van der Waals surface area contributed by atoms with E-state index >= 15 is 0 Å². The summed E-state index contributed by atoms with van der Waals surface area (Å²) in [6.45, 7) is 3.89. The van der Waals surface area contributed by atoms with Crippen molar-refractivity contribution in [3.8, 4) is 0 Å². The fourth-order valence-corrected chi connectivity index (χ4v) is 3.18. The predicted molar refractivity (Wildman–Crippen MR) is 106 cm³/mol. The molecule has 0 unspecified atom stereocenters. The van der Waals surface area contributed by atoms with E-state index in [-0.39, 0.29) is 0 Å². The highest BCUT2D eigenvalue weighted by Gasteiger charge is 2.17. The van der Waals surface area contributed by atoms with Crippen molar-refractivity contribution in [3.63, 3.8) is 0 Å². The van der Waals surface area contributed by atoms with Crippen molar-refractivity contribution in [3.05, 3.63) is 29.5 Å². The number of nitrogens with one attached hydrogen (secondary N) is 3. The van der Waals surface area contributed by atoms with Crippen molar-refractivity contribution in [1.29, 1.82) is 0 Å². The molecule has 4 N–H and O–H groups in total. The topological polar surface area (TPSA) is 117 Å². The van der Waals surface area contributed by atoms with Gasteiger partial charge in [0.05, 0.1) is 29.5 Å². The number of aliphatic hydroxyl groups is 1. The molecule has 0 fully saturated rings. The lowest BCUT2D eigenvalue weighted by atomic mass is 10.1. The lowest BCUT2D eigenvalue weighted by Gasteiger charge is -2.17. The van der Waals surface area contributed by atoms with Crippen molar-refractivity contribution < 1.29 is 5.11 Å². The van der Waals surface area contributed by atoms with Crippen molar-refractivity contribution in [2.75, 3.05) is 17.7 Å². The van der Waals surface area contributed by atoms with Gasteiger partial charge in [0.2, 0.25) is 5.95 Å². The van der Waals surface area contributed by atoms with Crippen LogP contribution in [0, 0.1) is 0 Å². The highest BCUT2D eigenvalue weighted by Crippen LogP contribution is 2.30. The maximum atomic E-state index is 10.1. The van der Waals surface area contributed by atoms with Gasteiger partial charge in [-0.05, 0) is 26.0 Å². The van der Waals surface area contributed by atoms with Crippen LogP contribution < -0.4 is 10.6 Å². The zero-order valence-electron chi connectivity index (χ0n) is 15.1. The molecule has 0 aliphatic heterocycles. The van der Waals surface area contributed by atoms with Gasteiger partial charge in [-0.1, -0.05) is 17.7 Å². The number of hydrogen-bond donors (Lipinski definition) is 4. The summed E-state index contributed by atoms with van der Waals surface area (Å²) in [5.74, 6) is 0.973. The molecular formula is C17H19ClN8O. The van der Waals surface area contributed by atoms with Crippen LogP contribution in [0.3, 0.4) is 0 Å². The zero-order chi connectivity index (χ0) is 19.2. The van der Waals surface area contributed by atoms with Crippen LogP contribution in [0.4, 0.5) is 17.5 Å². The van der Waals surface area contributed by atoms with E-state index in [0.717, 1.165) is 16.6 Å². The first-order valence-electron chi connectivity index (χ1n) is 8.39. The molecule has 140 valence electrons. The molecule has 3 heterocycles. The average Bonchev–Trinajstić information content (AvgIpc) is 3.18. The Morgan fingerprint density at radius 2 is 2.11 bits per heavy atom. The molecule has 10 heteroatoms. The molecule has 27 heavy (non-hydrogen) atoms. The molecule has 3 aromatic heterocycles. The summed E-state index contributed by atoms with van der Waals surface area (Å²) in [6, 6.07) is 5.79. The van der Waals surface area contributed by atoms with E-state index in [0.29, 0.717) is 34.5 Å². The second kappa shape index (κ2) is 6.36. The molecule has 4 rings (SSSR count). The van der Waals surface area contributed by atoms with Crippen LogP contribution in [-0.2, 0) is 6.54 Å². The number of aromatic nitrogens is 6. The molecule has 0 spiro atoms. The van der Waals surface area contributed by atoms with E-state index in [4.69, 9.17) is 11.6 Å². The molecule has 9 nitrogen and oxygen atoms in total. The van der Waals surface area contributed by atoms with Crippen LogP contribution in [0.2, 0.25) is 5.15 Å². The van der Waals surface area contributed by atoms with Crippen LogP contribution in [0.15, 0.2) is 24.4 Å². The fourth-order valence-electron chi connectivity index (χ4n) is 2.96. The largest absolute Gasteiger partial charge is 0.389 e. The minimum atomic E-state index is -0.863. The summed E-state index contributed by atoms with van der Waals surface area (Å²) in [5, 5.41) is 29.4. The van der Waals surface area contributed by atoms with E-state index in [1.165, 1.54) is 0 Å². The Labute approximate surface area is 159 Å². The third-order valence-electron chi connectivity index (χ3n) is 4.08. The molecule has 0 radical (unpaired) electrons. The Balaban J connectivity index is 1.75. The van der Waals surface area contributed by atoms with E-state index in [1.54, 1.807) is 31.8 Å². The lowest BCUT2D eigenvalue weighted by Crippen LogP contribution is -2.26. The van der Waals surface area contributed by atoms with E-state index in [9.17, 15) is 5.11 Å². The molecule has 0 bridgehead atoms. The predicted octanol–water partition coefficient (Wildman–Crippen LogP) is 2.91. The first-order chi connectivity index (χ1) is 12.9. The number of H-pyrrole nitrogens is 1. The second-order valence-electron chi connectivity index (χ2n) is 6.86. The van der Waals surface area contributed by atoms with Gasteiger partial charge in [-0.25, -0.2) is 0 Å². The number of nitrogens with zero attached hydrogens (tertiary/aromatic N) is 5. The minimum Gasteiger partial charge on any atom is -0.389 e. The minimum absolute atomic E-state index is 0.316. The van der Waals surface area contributed by atoms with Gasteiger partial charge in [0.1, 0.15) is 11.2 Å². The summed E-state index contributed by atoms with van der Waals surface area (Å²) in [6.07, 6.45) is 1.76. The summed E-state index contributed by atoms with van der Waals surface area (Å²) in [7, 11) is 1.76. The zero-order valence-corrected chi connectivity index (χ0v) is 15.8. The molecule has 0 amide bonds. The molecule has 1 aromatic carbocycles. The number of anilines is 3. The van der Waals surface area contributed by atoms with Gasteiger partial charge in [-0.15, -0.1) is 0 Å². The van der Waals surface area contributed by atoms with Crippen LogP contribution >= 0.6 is 11.6 Å². The third kappa shape index (κ3) is 3.26. The fraction of sp³-hybridized carbons (Fsp3) is 0.294. The summed E-state index contributed by atoms with van der Waals surface area (Å²) in [4.78, 5) is 8.92. The third-order valence-corrected chi connectivity index (χ3v) is 4.36. The summed E-state index contributed by atoms with van der Waals surface area (Å²) < 4.78 is 1.78. The Bertz CT molecular complexity index is 1130. The smallest absolute Gasteiger partial charge is 0.231 e. The normalized spacial score (nSPS) is 12.0. The van der Waals surface area contributed by atoms with Gasteiger partial charge in [0, 0.05) is 12.4 Å². The first-order valence-corrected chi connectivity index (χ1v) is 8.77. The maximum Gasteiger partial charge on any atom is 0.231 e. The Hall–Kier alpha value is -2.91. The van der Waals surface area contributed by atoms with Gasteiger partial charge >= 0.3 is 0 Å². The van der Waals surface area contributed by atoms with Gasteiger partial charge in [-0.3, -0.25) is 9.78 Å². The van der Waals surface area contributed by atoms with Gasteiger partial charge < -0.3 is 15.7 Å². The number of aromatic amines is 1. The van der Waals surface area contributed by atoms with E-state index in [2.05, 4.69) is 35.9 Å². The monoisotopic (exact) mass is 386 g/mol. The van der Waals surface area contributed by atoms with E-state index < -0.39 is 5.60 Å². The highest BCUT2D eigenvalue weighted by atomic mass is 35.5. The molecule has 0 saturated heterocycles. The van der Waals surface area contributed by atoms with Crippen LogP contribution in [0.1, 0.15) is 13.8 Å². The summed E-state index contributed by atoms with van der Waals surface area (Å²) in [5.41, 5.74) is 1.38. The van der Waals surface area contributed by atoms with Crippen molar-refractivity contribution in [2.24, 2.45) is 0 Å². The van der Waals surface area contributed by atoms with Gasteiger partial charge in [0.25, 0.3) is 0 Å². The standard InChI is InChI=1S/C17H19ClN8O/c1-17(2,27)8-26-11-6-4-5-10(9(11)7-20-26)21-16-22-14(19-3)12-13(18)24-25-15(12)23-16/h4-7,27H,8H2,1-3H3,(H3,19,21,22,23,24,25). The number of halogens is 1. The quantitative estimate of drug-likeness (QED) is 0.416. The number of benzene rings is 1. The van der Waals surface area contributed by atoms with E-state index in [1.807, 2.05) is 18.2 Å². The van der Waals surface area contributed by atoms with Crippen LogP contribution in [-0.4, -0.2) is 47.7 Å². The Morgan fingerprint density at radius 1 is 1.30 bits per heavy atom. The van der Waals surface area contributed by atoms with Crippen LogP contribution in [0.5, 0.6) is 0 Å². The average molecular weight is 387 g/mol. The Morgan fingerprint density at radius 3 is 2.85 bits per heavy atom. The van der Waals surface area contributed by atoms with Gasteiger partial charge in [-0.2, -0.15) is 20.2 Å². The highest BCUT2D eigenvalue weighted by molar-refractivity contribution is 6.35. The SMILES string of the molecule is CNc1nc(Nc2cccc3c2cnn3CC(C)(C)O)nc2[nH]nc(Cl)c12. The second-order valence-corrected chi connectivity index (χ2v) is 7.22. The van der Waals surface area contributed by atoms with Gasteiger partial charge in [0.15, 0.2) is 10.8 Å². The van der Waals surface area contributed by atoms with Crippen molar-refractivity contribution in [2.45, 2.75) is 26.0 Å². The Kier molecular flexibility index (Phi) is 4.12. The molecular weight excluding hydrogens is 368 g/mol. The van der Waals surface area contributed by atoms with Crippen molar-refractivity contribution >= 4 is 51.0 Å². The molecule has 0 saturated carbocycles. The summed E-state index contributed by atoms with van der Waals surface area (Å²) >= 11 is 6.09. The number of rotatable bonds is 5. The molecule has 0 atom stereocenters. The molecule has 0 aliphatic rings. The van der Waals surface area contributed by atoms with Crippen molar-refractivity contribution in [1.82, 2.24) is 29.9 Å². The maximum absolute atomic E-state index is 10.1.